The minimum absolute atomic E-state index is 0.0510. The summed E-state index contributed by atoms with van der Waals surface area (Å²) in [5.41, 5.74) is 6.02. The number of cyclic esters (lactones) is 1. The number of fused-ring (bicyclic) bond motifs is 2. The van der Waals surface area contributed by atoms with E-state index in [1.165, 1.54) is 19.3 Å². The third-order valence-electron chi connectivity index (χ3n) is 5.04. The topological polar surface area (TPSA) is 52.3 Å². The molecule has 6 atom stereocenters. The molecule has 3 aliphatic rings. The van der Waals surface area contributed by atoms with Crippen LogP contribution in [0.5, 0.6) is 0 Å². The largest absolute Gasteiger partial charge is 0.462 e. The van der Waals surface area contributed by atoms with Gasteiger partial charge in [-0.1, -0.05) is 0 Å². The maximum absolute atomic E-state index is 11.7. The van der Waals surface area contributed by atoms with Gasteiger partial charge in [0.05, 0.1) is 5.92 Å². The second-order valence-corrected chi connectivity index (χ2v) is 5.98. The summed E-state index contributed by atoms with van der Waals surface area (Å²) in [4.78, 5) is 11.7. The van der Waals surface area contributed by atoms with Crippen LogP contribution >= 0.6 is 0 Å². The maximum atomic E-state index is 11.7. The summed E-state index contributed by atoms with van der Waals surface area (Å²) in [5.74, 6) is 2.21. The molecule has 16 heavy (non-hydrogen) atoms. The summed E-state index contributed by atoms with van der Waals surface area (Å²) in [6.45, 7) is 2.05. The first-order valence-corrected chi connectivity index (χ1v) is 6.61. The monoisotopic (exact) mass is 223 g/mol. The smallest absolute Gasteiger partial charge is 0.309 e. The quantitative estimate of drug-likeness (QED) is 0.636. The Bertz CT molecular complexity index is 304. The van der Waals surface area contributed by atoms with Crippen molar-refractivity contribution in [2.24, 2.45) is 29.4 Å². The Morgan fingerprint density at radius 1 is 1.19 bits per heavy atom. The molecule has 0 aromatic heterocycles. The van der Waals surface area contributed by atoms with Crippen LogP contribution in [0.2, 0.25) is 0 Å². The standard InChI is InChI=1S/C13H21NO2/c1-7-11-5-8-2-3-10(14)4-9(8)6-12(11)13(15)16-7/h7-12H,2-6,14H2,1H3/t7?,8?,9?,10-,11?,12?/m1/s1. The first kappa shape index (κ1) is 10.6. The van der Waals surface area contributed by atoms with Crippen molar-refractivity contribution in [2.75, 3.05) is 0 Å². The van der Waals surface area contributed by atoms with Gasteiger partial charge in [-0.25, -0.2) is 0 Å². The van der Waals surface area contributed by atoms with E-state index in [9.17, 15) is 4.79 Å². The van der Waals surface area contributed by atoms with Crippen LogP contribution in [0, 0.1) is 23.7 Å². The Morgan fingerprint density at radius 3 is 2.81 bits per heavy atom. The van der Waals surface area contributed by atoms with Gasteiger partial charge in [-0.2, -0.15) is 0 Å². The van der Waals surface area contributed by atoms with Crippen molar-refractivity contribution in [1.82, 2.24) is 0 Å². The molecule has 2 aliphatic carbocycles. The molecule has 3 heteroatoms. The van der Waals surface area contributed by atoms with Crippen molar-refractivity contribution < 1.29 is 9.53 Å². The second-order valence-electron chi connectivity index (χ2n) is 5.98. The van der Waals surface area contributed by atoms with Crippen LogP contribution in [0.15, 0.2) is 0 Å². The van der Waals surface area contributed by atoms with E-state index in [1.54, 1.807) is 0 Å². The Labute approximate surface area is 96.7 Å². The summed E-state index contributed by atoms with van der Waals surface area (Å²) in [7, 11) is 0. The average molecular weight is 223 g/mol. The molecule has 0 bridgehead atoms. The molecule has 90 valence electrons. The van der Waals surface area contributed by atoms with E-state index in [-0.39, 0.29) is 18.0 Å². The molecular weight excluding hydrogens is 202 g/mol. The van der Waals surface area contributed by atoms with Crippen molar-refractivity contribution in [2.45, 2.75) is 51.2 Å². The normalized spacial score (nSPS) is 51.8. The zero-order valence-corrected chi connectivity index (χ0v) is 9.89. The van der Waals surface area contributed by atoms with Crippen LogP contribution in [0.25, 0.3) is 0 Å². The highest BCUT2D eigenvalue weighted by Gasteiger charge is 2.49. The number of rotatable bonds is 0. The average Bonchev–Trinajstić information content (AvgIpc) is 2.52. The highest BCUT2D eigenvalue weighted by atomic mass is 16.6. The van der Waals surface area contributed by atoms with Crippen LogP contribution in [0.3, 0.4) is 0 Å². The number of ether oxygens (including phenoxy) is 1. The fraction of sp³-hybridized carbons (Fsp3) is 0.923. The van der Waals surface area contributed by atoms with Crippen molar-refractivity contribution in [3.63, 3.8) is 0 Å². The maximum Gasteiger partial charge on any atom is 0.309 e. The summed E-state index contributed by atoms with van der Waals surface area (Å²) in [5, 5.41) is 0. The van der Waals surface area contributed by atoms with Gasteiger partial charge in [0.25, 0.3) is 0 Å². The molecule has 3 rings (SSSR count). The number of carbonyl (C=O) groups excluding carboxylic acids is 1. The van der Waals surface area contributed by atoms with Gasteiger partial charge in [0, 0.05) is 12.0 Å². The molecule has 3 fully saturated rings. The molecule has 1 aliphatic heterocycles. The molecule has 0 radical (unpaired) electrons. The Kier molecular flexibility index (Phi) is 2.46. The Balaban J connectivity index is 1.76. The molecular formula is C13H21NO2. The lowest BCUT2D eigenvalue weighted by Crippen LogP contribution is -2.41. The lowest BCUT2D eigenvalue weighted by molar-refractivity contribution is -0.144. The number of carbonyl (C=O) groups is 1. The fourth-order valence-corrected chi connectivity index (χ4v) is 4.12. The van der Waals surface area contributed by atoms with E-state index in [0.29, 0.717) is 17.9 Å². The van der Waals surface area contributed by atoms with Gasteiger partial charge >= 0.3 is 5.97 Å². The van der Waals surface area contributed by atoms with E-state index in [2.05, 4.69) is 6.92 Å². The molecule has 2 N–H and O–H groups in total. The first-order valence-electron chi connectivity index (χ1n) is 6.61. The van der Waals surface area contributed by atoms with Crippen molar-refractivity contribution >= 4 is 5.97 Å². The molecule has 1 saturated heterocycles. The molecule has 5 unspecified atom stereocenters. The predicted molar refractivity (Wildman–Crippen MR) is 60.6 cm³/mol. The zero-order chi connectivity index (χ0) is 11.3. The van der Waals surface area contributed by atoms with Crippen molar-refractivity contribution in [3.05, 3.63) is 0 Å². The van der Waals surface area contributed by atoms with E-state index in [1.807, 2.05) is 0 Å². The Morgan fingerprint density at radius 2 is 2.00 bits per heavy atom. The minimum atomic E-state index is 0.0510. The van der Waals surface area contributed by atoms with Crippen LogP contribution < -0.4 is 5.73 Å². The summed E-state index contributed by atoms with van der Waals surface area (Å²) >= 11 is 0. The number of esters is 1. The second kappa shape index (κ2) is 3.73. The summed E-state index contributed by atoms with van der Waals surface area (Å²) in [6, 6.07) is 0.368. The van der Waals surface area contributed by atoms with Crippen molar-refractivity contribution in [1.29, 1.82) is 0 Å². The van der Waals surface area contributed by atoms with Gasteiger partial charge in [0.15, 0.2) is 0 Å². The van der Waals surface area contributed by atoms with Gasteiger partial charge in [0.1, 0.15) is 6.10 Å². The highest BCUT2D eigenvalue weighted by molar-refractivity contribution is 5.75. The van der Waals surface area contributed by atoms with Gasteiger partial charge < -0.3 is 10.5 Å². The van der Waals surface area contributed by atoms with E-state index < -0.39 is 0 Å². The number of hydrogen-bond acceptors (Lipinski definition) is 3. The van der Waals surface area contributed by atoms with E-state index in [4.69, 9.17) is 10.5 Å². The predicted octanol–water partition coefficient (Wildman–Crippen LogP) is 1.70. The van der Waals surface area contributed by atoms with Crippen LogP contribution in [0.4, 0.5) is 0 Å². The molecule has 0 aromatic rings. The van der Waals surface area contributed by atoms with Crippen molar-refractivity contribution in [3.8, 4) is 0 Å². The Hall–Kier alpha value is -0.570. The van der Waals surface area contributed by atoms with Crippen LogP contribution in [-0.4, -0.2) is 18.1 Å². The molecule has 0 spiro atoms. The number of nitrogens with two attached hydrogens (primary N) is 1. The van der Waals surface area contributed by atoms with Crippen LogP contribution in [-0.2, 0) is 9.53 Å². The summed E-state index contributed by atoms with van der Waals surface area (Å²) in [6.07, 6.45) is 5.92. The molecule has 0 aromatic carbocycles. The molecule has 2 saturated carbocycles. The lowest BCUT2D eigenvalue weighted by atomic mass is 9.62. The first-order chi connectivity index (χ1) is 7.65. The van der Waals surface area contributed by atoms with E-state index in [0.717, 1.165) is 18.8 Å². The molecule has 1 heterocycles. The highest BCUT2D eigenvalue weighted by Crippen LogP contribution is 2.49. The third-order valence-corrected chi connectivity index (χ3v) is 5.04. The molecule has 0 amide bonds. The van der Waals surface area contributed by atoms with E-state index >= 15 is 0 Å². The van der Waals surface area contributed by atoms with Gasteiger partial charge in [-0.15, -0.1) is 0 Å². The van der Waals surface area contributed by atoms with Gasteiger partial charge in [0.2, 0.25) is 0 Å². The third kappa shape index (κ3) is 1.56. The fourth-order valence-electron chi connectivity index (χ4n) is 4.12. The SMILES string of the molecule is CC1OC(=O)C2CC3C[C@H](N)CCC3CC12. The van der Waals surface area contributed by atoms with Gasteiger partial charge in [-0.3, -0.25) is 4.79 Å². The number of hydrogen-bond donors (Lipinski definition) is 1. The van der Waals surface area contributed by atoms with Crippen LogP contribution in [0.1, 0.15) is 39.0 Å². The molecule has 3 nitrogen and oxygen atoms in total. The van der Waals surface area contributed by atoms with Gasteiger partial charge in [-0.05, 0) is 50.9 Å². The zero-order valence-electron chi connectivity index (χ0n) is 9.89. The lowest BCUT2D eigenvalue weighted by Gasteiger charge is -2.42. The minimum Gasteiger partial charge on any atom is -0.462 e. The summed E-state index contributed by atoms with van der Waals surface area (Å²) < 4.78 is 5.37.